The molecule has 0 aliphatic heterocycles. The summed E-state index contributed by atoms with van der Waals surface area (Å²) in [6, 6.07) is 0. The third-order valence-corrected chi connectivity index (χ3v) is 7.12. The standard InChI is InChI=1S/C16H32O2.C16H34/c1-3-5-7-9-10-12-14-15(16(17)18)13-11-8-6-4-2;1-3-5-7-9-11-13-15-16-14-12-10-8-6-4-2/h15H,3-14H2,1-2H3,(H,17,18);3-16H2,1-2H3. The van der Waals surface area contributed by atoms with Crippen LogP contribution < -0.4 is 0 Å². The van der Waals surface area contributed by atoms with E-state index in [1.54, 1.807) is 0 Å². The Hall–Kier alpha value is -0.530. The Morgan fingerprint density at radius 1 is 0.412 bits per heavy atom. The van der Waals surface area contributed by atoms with Crippen LogP contribution >= 0.6 is 0 Å². The smallest absolute Gasteiger partial charge is 0.306 e. The Morgan fingerprint density at radius 2 is 0.618 bits per heavy atom. The molecular formula is C32H66O2. The van der Waals surface area contributed by atoms with Crippen LogP contribution in [0.15, 0.2) is 0 Å². The minimum atomic E-state index is -0.583. The molecule has 0 aliphatic rings. The summed E-state index contributed by atoms with van der Waals surface area (Å²) >= 11 is 0. The molecule has 0 aromatic rings. The quantitative estimate of drug-likeness (QED) is 0.124. The summed E-state index contributed by atoms with van der Waals surface area (Å²) in [6.07, 6.45) is 34.4. The second-order valence-corrected chi connectivity index (χ2v) is 10.7. The van der Waals surface area contributed by atoms with Gasteiger partial charge >= 0.3 is 5.97 Å². The van der Waals surface area contributed by atoms with E-state index in [9.17, 15) is 9.90 Å². The molecule has 1 unspecified atom stereocenters. The molecule has 2 heteroatoms. The largest absolute Gasteiger partial charge is 0.481 e. The predicted molar refractivity (Wildman–Crippen MR) is 154 cm³/mol. The van der Waals surface area contributed by atoms with Crippen molar-refractivity contribution < 1.29 is 9.90 Å². The lowest BCUT2D eigenvalue weighted by molar-refractivity contribution is -0.142. The van der Waals surface area contributed by atoms with Gasteiger partial charge in [0.05, 0.1) is 5.92 Å². The van der Waals surface area contributed by atoms with E-state index in [2.05, 4.69) is 27.7 Å². The predicted octanol–water partition coefficient (Wildman–Crippen LogP) is 11.9. The summed E-state index contributed by atoms with van der Waals surface area (Å²) in [7, 11) is 0. The van der Waals surface area contributed by atoms with E-state index in [1.807, 2.05) is 0 Å². The fourth-order valence-corrected chi connectivity index (χ4v) is 4.65. The van der Waals surface area contributed by atoms with E-state index < -0.39 is 5.97 Å². The van der Waals surface area contributed by atoms with E-state index in [0.29, 0.717) is 0 Å². The number of carbonyl (C=O) groups is 1. The van der Waals surface area contributed by atoms with E-state index in [0.717, 1.165) is 25.7 Å². The highest BCUT2D eigenvalue weighted by atomic mass is 16.4. The molecule has 0 aromatic carbocycles. The third kappa shape index (κ3) is 31.5. The minimum Gasteiger partial charge on any atom is -0.481 e. The number of carboxylic acid groups (broad SMARTS) is 1. The maximum Gasteiger partial charge on any atom is 0.306 e. The Balaban J connectivity index is 0. The molecule has 0 saturated heterocycles. The number of carboxylic acids is 1. The van der Waals surface area contributed by atoms with Crippen LogP contribution in [-0.2, 0) is 4.79 Å². The molecule has 0 aromatic heterocycles. The zero-order valence-corrected chi connectivity index (χ0v) is 24.3. The average Bonchev–Trinajstić information content (AvgIpc) is 2.83. The van der Waals surface area contributed by atoms with E-state index in [1.165, 1.54) is 141 Å². The molecule has 0 fully saturated rings. The van der Waals surface area contributed by atoms with Gasteiger partial charge in [-0.05, 0) is 12.8 Å². The van der Waals surface area contributed by atoms with Crippen LogP contribution in [0, 0.1) is 5.92 Å². The van der Waals surface area contributed by atoms with Crippen molar-refractivity contribution >= 4 is 5.97 Å². The number of hydrogen-bond donors (Lipinski definition) is 1. The normalized spacial score (nSPS) is 11.8. The van der Waals surface area contributed by atoms with Gasteiger partial charge in [0.2, 0.25) is 0 Å². The highest BCUT2D eigenvalue weighted by Gasteiger charge is 2.15. The summed E-state index contributed by atoms with van der Waals surface area (Å²) in [6.45, 7) is 8.98. The Kier molecular flexibility index (Phi) is 34.0. The Labute approximate surface area is 216 Å². The maximum absolute atomic E-state index is 11.1. The molecule has 0 rings (SSSR count). The van der Waals surface area contributed by atoms with Gasteiger partial charge in [0.1, 0.15) is 0 Å². The lowest BCUT2D eigenvalue weighted by atomic mass is 9.94. The van der Waals surface area contributed by atoms with Gasteiger partial charge in [-0.25, -0.2) is 0 Å². The molecule has 0 bridgehead atoms. The summed E-state index contributed by atoms with van der Waals surface area (Å²) < 4.78 is 0. The molecule has 1 atom stereocenters. The molecule has 0 heterocycles. The van der Waals surface area contributed by atoms with Crippen LogP contribution in [0.1, 0.15) is 195 Å². The zero-order valence-electron chi connectivity index (χ0n) is 24.3. The van der Waals surface area contributed by atoms with Crippen molar-refractivity contribution in [2.75, 3.05) is 0 Å². The molecule has 1 N–H and O–H groups in total. The van der Waals surface area contributed by atoms with Crippen molar-refractivity contribution in [2.24, 2.45) is 5.92 Å². The van der Waals surface area contributed by atoms with Gasteiger partial charge in [0.25, 0.3) is 0 Å². The van der Waals surface area contributed by atoms with Crippen molar-refractivity contribution in [3.05, 3.63) is 0 Å². The lowest BCUT2D eigenvalue weighted by Gasteiger charge is -2.11. The van der Waals surface area contributed by atoms with Gasteiger partial charge in [-0.15, -0.1) is 0 Å². The molecule has 206 valence electrons. The molecule has 0 spiro atoms. The first-order valence-corrected chi connectivity index (χ1v) is 15.9. The molecular weight excluding hydrogens is 416 g/mol. The summed E-state index contributed by atoms with van der Waals surface area (Å²) in [5.41, 5.74) is 0. The SMILES string of the molecule is CCCCCCCCC(CCCCCC)C(=O)O.CCCCCCCCCCCCCCCC. The van der Waals surface area contributed by atoms with Crippen molar-refractivity contribution in [2.45, 2.75) is 195 Å². The van der Waals surface area contributed by atoms with Gasteiger partial charge in [-0.2, -0.15) is 0 Å². The fourth-order valence-electron chi connectivity index (χ4n) is 4.65. The average molecular weight is 483 g/mol. The third-order valence-electron chi connectivity index (χ3n) is 7.12. The van der Waals surface area contributed by atoms with E-state index in [4.69, 9.17) is 0 Å². The first kappa shape index (κ1) is 35.6. The summed E-state index contributed by atoms with van der Waals surface area (Å²) in [5.74, 6) is -0.673. The fraction of sp³-hybridized carbons (Fsp3) is 0.969. The highest BCUT2D eigenvalue weighted by molar-refractivity contribution is 5.69. The molecule has 0 saturated carbocycles. The van der Waals surface area contributed by atoms with Crippen molar-refractivity contribution in [3.63, 3.8) is 0 Å². The lowest BCUT2D eigenvalue weighted by Crippen LogP contribution is -2.13. The van der Waals surface area contributed by atoms with Crippen molar-refractivity contribution in [3.8, 4) is 0 Å². The number of rotatable bonds is 26. The summed E-state index contributed by atoms with van der Waals surface area (Å²) in [5, 5.41) is 9.17. The highest BCUT2D eigenvalue weighted by Crippen LogP contribution is 2.19. The maximum atomic E-state index is 11.1. The molecule has 0 aliphatic carbocycles. The van der Waals surface area contributed by atoms with Crippen molar-refractivity contribution in [1.29, 1.82) is 0 Å². The minimum absolute atomic E-state index is 0.0898. The van der Waals surface area contributed by atoms with Gasteiger partial charge in [0.15, 0.2) is 0 Å². The first-order valence-electron chi connectivity index (χ1n) is 15.9. The van der Waals surface area contributed by atoms with Crippen LogP contribution in [-0.4, -0.2) is 11.1 Å². The number of hydrogen-bond acceptors (Lipinski definition) is 1. The first-order chi connectivity index (χ1) is 16.6. The van der Waals surface area contributed by atoms with Gasteiger partial charge in [-0.1, -0.05) is 182 Å². The van der Waals surface area contributed by atoms with Crippen molar-refractivity contribution in [1.82, 2.24) is 0 Å². The van der Waals surface area contributed by atoms with Gasteiger partial charge in [-0.3, -0.25) is 4.79 Å². The van der Waals surface area contributed by atoms with E-state index in [-0.39, 0.29) is 5.92 Å². The second-order valence-electron chi connectivity index (χ2n) is 10.7. The van der Waals surface area contributed by atoms with Crippen LogP contribution in [0.5, 0.6) is 0 Å². The molecule has 34 heavy (non-hydrogen) atoms. The molecule has 0 amide bonds. The molecule has 0 radical (unpaired) electrons. The number of unbranched alkanes of at least 4 members (excludes halogenated alkanes) is 21. The summed E-state index contributed by atoms with van der Waals surface area (Å²) in [4.78, 5) is 11.1. The van der Waals surface area contributed by atoms with Crippen LogP contribution in [0.25, 0.3) is 0 Å². The van der Waals surface area contributed by atoms with Gasteiger partial charge < -0.3 is 5.11 Å². The monoisotopic (exact) mass is 483 g/mol. The second kappa shape index (κ2) is 32.5. The van der Waals surface area contributed by atoms with Gasteiger partial charge in [0, 0.05) is 0 Å². The van der Waals surface area contributed by atoms with Crippen LogP contribution in [0.2, 0.25) is 0 Å². The Morgan fingerprint density at radius 3 is 0.853 bits per heavy atom. The van der Waals surface area contributed by atoms with Crippen LogP contribution in [0.3, 0.4) is 0 Å². The van der Waals surface area contributed by atoms with E-state index >= 15 is 0 Å². The Bertz CT molecular complexity index is 352. The topological polar surface area (TPSA) is 37.3 Å². The zero-order chi connectivity index (χ0) is 25.5. The van der Waals surface area contributed by atoms with Crippen LogP contribution in [0.4, 0.5) is 0 Å². The number of aliphatic carboxylic acids is 1. The molecule has 2 nitrogen and oxygen atoms in total.